The van der Waals surface area contributed by atoms with Crippen molar-refractivity contribution in [3.63, 3.8) is 0 Å². The van der Waals surface area contributed by atoms with Gasteiger partial charge in [-0.2, -0.15) is 13.2 Å². The summed E-state index contributed by atoms with van der Waals surface area (Å²) in [5, 5.41) is 5.54. The molecule has 1 atom stereocenters. The minimum absolute atomic E-state index is 0.0133. The van der Waals surface area contributed by atoms with Gasteiger partial charge in [-0.05, 0) is 42.3 Å². The van der Waals surface area contributed by atoms with Crippen LogP contribution in [0.25, 0.3) is 0 Å². The second kappa shape index (κ2) is 11.0. The number of anilines is 1. The number of nitrogens with zero attached hydrogens (tertiary/aromatic N) is 2. The van der Waals surface area contributed by atoms with E-state index in [1.54, 1.807) is 29.1 Å². The van der Waals surface area contributed by atoms with Crippen LogP contribution >= 0.6 is 11.8 Å². The molecule has 6 nitrogen and oxygen atoms in total. The summed E-state index contributed by atoms with van der Waals surface area (Å²) in [6.45, 7) is 2.13. The number of halogens is 3. The number of hydrogen-bond acceptors (Lipinski definition) is 4. The number of carbonyl (C=O) groups is 2. The molecule has 1 heterocycles. The molecule has 0 saturated heterocycles. The van der Waals surface area contributed by atoms with E-state index in [0.29, 0.717) is 11.3 Å². The summed E-state index contributed by atoms with van der Waals surface area (Å²) < 4.78 is 41.1. The van der Waals surface area contributed by atoms with Gasteiger partial charge in [0.2, 0.25) is 11.8 Å². The number of carbonyl (C=O) groups excluding carboxylic acids is 2. The Morgan fingerprint density at radius 1 is 1.09 bits per heavy atom. The minimum atomic E-state index is -4.49. The molecular weight excluding hydrogens is 453 g/mol. The molecule has 33 heavy (non-hydrogen) atoms. The fourth-order valence-electron chi connectivity index (χ4n) is 3.16. The lowest BCUT2D eigenvalue weighted by molar-refractivity contribution is -0.137. The van der Waals surface area contributed by atoms with Gasteiger partial charge in [-0.15, -0.1) is 11.8 Å². The van der Waals surface area contributed by atoms with Crippen molar-refractivity contribution in [3.8, 4) is 0 Å². The number of alkyl halides is 3. The third-order valence-electron chi connectivity index (χ3n) is 4.67. The van der Waals surface area contributed by atoms with Gasteiger partial charge in [0.1, 0.15) is 0 Å². The highest BCUT2D eigenvalue weighted by Gasteiger charge is 2.31. The number of thioether (sulfide) groups is 1. The molecule has 3 rings (SSSR count). The first-order chi connectivity index (χ1) is 15.7. The molecular formula is C23H23F3N4O2S. The normalized spacial score (nSPS) is 12.2. The fourth-order valence-corrected chi connectivity index (χ4v) is 3.79. The quantitative estimate of drug-likeness (QED) is 0.479. The Morgan fingerprint density at radius 2 is 1.85 bits per heavy atom. The zero-order valence-electron chi connectivity index (χ0n) is 17.8. The molecule has 0 radical (unpaired) electrons. The summed E-state index contributed by atoms with van der Waals surface area (Å²) in [5.74, 6) is -0.574. The highest BCUT2D eigenvalue weighted by Crippen LogP contribution is 2.31. The van der Waals surface area contributed by atoms with E-state index in [2.05, 4.69) is 15.6 Å². The van der Waals surface area contributed by atoms with Crippen LogP contribution in [0.15, 0.2) is 67.3 Å². The lowest BCUT2D eigenvalue weighted by atomic mass is 10.0. The van der Waals surface area contributed by atoms with Crippen molar-refractivity contribution in [1.29, 1.82) is 0 Å². The maximum atomic E-state index is 13.1. The van der Waals surface area contributed by atoms with Crippen LogP contribution in [0.1, 0.15) is 22.7 Å². The average molecular weight is 477 g/mol. The second-order valence-corrected chi connectivity index (χ2v) is 8.40. The average Bonchev–Trinajstić information content (AvgIpc) is 3.26. The van der Waals surface area contributed by atoms with Gasteiger partial charge in [-0.25, -0.2) is 4.98 Å². The minimum Gasteiger partial charge on any atom is -0.347 e. The summed E-state index contributed by atoms with van der Waals surface area (Å²) in [6, 6.07) is 11.5. The van der Waals surface area contributed by atoms with Gasteiger partial charge in [-0.3, -0.25) is 9.59 Å². The number of benzene rings is 2. The summed E-state index contributed by atoms with van der Waals surface area (Å²) >= 11 is 1.12. The molecule has 0 aliphatic rings. The lowest BCUT2D eigenvalue weighted by Crippen LogP contribution is -2.33. The van der Waals surface area contributed by atoms with Crippen LogP contribution in [-0.4, -0.2) is 32.9 Å². The Balaban J connectivity index is 1.59. The van der Waals surface area contributed by atoms with Crippen molar-refractivity contribution in [2.24, 2.45) is 0 Å². The molecule has 0 aliphatic heterocycles. The molecule has 174 valence electrons. The molecule has 10 heteroatoms. The number of hydrogen-bond donors (Lipinski definition) is 2. The van der Waals surface area contributed by atoms with Crippen molar-refractivity contribution < 1.29 is 22.8 Å². The van der Waals surface area contributed by atoms with Crippen molar-refractivity contribution in [2.75, 3.05) is 16.8 Å². The third kappa shape index (κ3) is 7.67. The van der Waals surface area contributed by atoms with Crippen LogP contribution in [0.3, 0.4) is 0 Å². The van der Waals surface area contributed by atoms with E-state index < -0.39 is 17.8 Å². The second-order valence-electron chi connectivity index (χ2n) is 7.41. The van der Waals surface area contributed by atoms with Crippen molar-refractivity contribution in [2.45, 2.75) is 25.7 Å². The molecule has 3 aromatic rings. The zero-order chi connectivity index (χ0) is 23.8. The smallest absolute Gasteiger partial charge is 0.347 e. The molecule has 0 spiro atoms. The van der Waals surface area contributed by atoms with Crippen LogP contribution in [0.5, 0.6) is 0 Å². The molecule has 2 amide bonds. The number of aryl methyl sites for hydroxylation is 1. The van der Waals surface area contributed by atoms with Gasteiger partial charge in [0.25, 0.3) is 0 Å². The summed E-state index contributed by atoms with van der Waals surface area (Å²) in [5.41, 5.74) is 1.23. The predicted octanol–water partition coefficient (Wildman–Crippen LogP) is 4.44. The Bertz CT molecular complexity index is 1090. The lowest BCUT2D eigenvalue weighted by Gasteiger charge is -2.21. The molecule has 2 N–H and O–H groups in total. The van der Waals surface area contributed by atoms with E-state index in [-0.39, 0.29) is 29.9 Å². The summed E-state index contributed by atoms with van der Waals surface area (Å²) in [4.78, 5) is 28.6. The molecule has 1 unspecified atom stereocenters. The van der Waals surface area contributed by atoms with E-state index in [1.807, 2.05) is 25.1 Å². The van der Waals surface area contributed by atoms with Crippen LogP contribution in [0.4, 0.5) is 18.9 Å². The van der Waals surface area contributed by atoms with Gasteiger partial charge >= 0.3 is 6.18 Å². The van der Waals surface area contributed by atoms with Crippen LogP contribution in [0, 0.1) is 6.92 Å². The Hall–Kier alpha value is -3.27. The molecule has 0 aliphatic carbocycles. The highest BCUT2D eigenvalue weighted by molar-refractivity contribution is 8.00. The monoisotopic (exact) mass is 476 g/mol. The number of nitrogens with one attached hydrogen (secondary N) is 2. The van der Waals surface area contributed by atoms with Gasteiger partial charge in [-0.1, -0.05) is 24.3 Å². The Labute approximate surface area is 193 Å². The molecule has 1 aromatic heterocycles. The zero-order valence-corrected chi connectivity index (χ0v) is 18.6. The maximum absolute atomic E-state index is 13.1. The molecule has 2 aromatic carbocycles. The van der Waals surface area contributed by atoms with Gasteiger partial charge in [0.05, 0.1) is 29.4 Å². The SMILES string of the molecule is Cc1cccc(NC(=O)CSCC(=O)NC(Cn2ccnc2)c2cccc(C(F)(F)F)c2)c1. The van der Waals surface area contributed by atoms with Crippen molar-refractivity contribution >= 4 is 29.3 Å². The third-order valence-corrected chi connectivity index (χ3v) is 5.60. The van der Waals surface area contributed by atoms with Crippen LogP contribution < -0.4 is 10.6 Å². The largest absolute Gasteiger partial charge is 0.416 e. The number of aromatic nitrogens is 2. The highest BCUT2D eigenvalue weighted by atomic mass is 32.2. The first-order valence-corrected chi connectivity index (χ1v) is 11.2. The predicted molar refractivity (Wildman–Crippen MR) is 122 cm³/mol. The van der Waals surface area contributed by atoms with Crippen molar-refractivity contribution in [3.05, 3.63) is 83.9 Å². The topological polar surface area (TPSA) is 76.0 Å². The molecule has 0 fully saturated rings. The Morgan fingerprint density at radius 3 is 2.55 bits per heavy atom. The van der Waals surface area contributed by atoms with Crippen LogP contribution in [-0.2, 0) is 22.3 Å². The number of rotatable bonds is 9. The van der Waals surface area contributed by atoms with Gasteiger partial charge in [0.15, 0.2) is 0 Å². The van der Waals surface area contributed by atoms with E-state index in [4.69, 9.17) is 0 Å². The van der Waals surface area contributed by atoms with Gasteiger partial charge < -0.3 is 15.2 Å². The van der Waals surface area contributed by atoms with Gasteiger partial charge in [0, 0.05) is 24.6 Å². The van der Waals surface area contributed by atoms with Crippen molar-refractivity contribution in [1.82, 2.24) is 14.9 Å². The molecule has 0 bridgehead atoms. The maximum Gasteiger partial charge on any atom is 0.416 e. The number of imidazole rings is 1. The fraction of sp³-hybridized carbons (Fsp3) is 0.261. The first kappa shape index (κ1) is 24.4. The molecule has 0 saturated carbocycles. The van der Waals surface area contributed by atoms with E-state index in [9.17, 15) is 22.8 Å². The van der Waals surface area contributed by atoms with E-state index >= 15 is 0 Å². The summed E-state index contributed by atoms with van der Waals surface area (Å²) in [6.07, 6.45) is 0.252. The van der Waals surface area contributed by atoms with E-state index in [0.717, 1.165) is 29.5 Å². The summed E-state index contributed by atoms with van der Waals surface area (Å²) in [7, 11) is 0. The standard InChI is InChI=1S/C23H23F3N4O2S/c1-16-4-2-7-19(10-16)28-21(31)13-33-14-22(32)29-20(12-30-9-8-27-15-30)17-5-3-6-18(11-17)23(24,25)26/h2-11,15,20H,12-14H2,1H3,(H,28,31)(H,29,32). The van der Waals surface area contributed by atoms with E-state index in [1.165, 1.54) is 12.4 Å². The number of amides is 2. The van der Waals surface area contributed by atoms with Crippen LogP contribution in [0.2, 0.25) is 0 Å². The Kier molecular flexibility index (Phi) is 8.16. The first-order valence-electron chi connectivity index (χ1n) is 10.1.